The van der Waals surface area contributed by atoms with Crippen molar-refractivity contribution in [1.29, 1.82) is 0 Å². The summed E-state index contributed by atoms with van der Waals surface area (Å²) in [7, 11) is 0. The van der Waals surface area contributed by atoms with Crippen LogP contribution in [0.3, 0.4) is 0 Å². The first-order chi connectivity index (χ1) is 12.0. The van der Waals surface area contributed by atoms with Crippen molar-refractivity contribution in [3.05, 3.63) is 58.9 Å². The number of carbonyl (C=O) groups excluding carboxylic acids is 2. The van der Waals surface area contributed by atoms with Gasteiger partial charge in [0, 0.05) is 24.2 Å². The Kier molecular flexibility index (Phi) is 5.00. The molecule has 3 aromatic rings. The summed E-state index contributed by atoms with van der Waals surface area (Å²) in [5.74, 6) is -0.405. The van der Waals surface area contributed by atoms with Gasteiger partial charge in [0.15, 0.2) is 0 Å². The lowest BCUT2D eigenvalue weighted by Gasteiger charge is -2.07. The monoisotopic (exact) mass is 356 g/mol. The lowest BCUT2D eigenvalue weighted by atomic mass is 10.2. The normalized spacial score (nSPS) is 10.6. The number of anilines is 1. The lowest BCUT2D eigenvalue weighted by Crippen LogP contribution is -2.27. The van der Waals surface area contributed by atoms with E-state index in [4.69, 9.17) is 11.6 Å². The van der Waals surface area contributed by atoms with Crippen molar-refractivity contribution in [2.24, 2.45) is 0 Å². The van der Waals surface area contributed by atoms with Crippen LogP contribution in [-0.2, 0) is 4.79 Å². The maximum absolute atomic E-state index is 12.2. The highest BCUT2D eigenvalue weighted by Crippen LogP contribution is 2.16. The molecule has 6 nitrogen and oxygen atoms in total. The molecule has 128 valence electrons. The number of hydrogen-bond donors (Lipinski definition) is 3. The highest BCUT2D eigenvalue weighted by molar-refractivity contribution is 6.29. The highest BCUT2D eigenvalue weighted by atomic mass is 35.5. The number of fused-ring (bicyclic) bond motifs is 1. The van der Waals surface area contributed by atoms with E-state index in [1.165, 1.54) is 0 Å². The second-order valence-electron chi connectivity index (χ2n) is 5.68. The minimum absolute atomic E-state index is 0.151. The third kappa shape index (κ3) is 4.36. The lowest BCUT2D eigenvalue weighted by molar-refractivity contribution is -0.116. The molecule has 0 spiro atoms. The zero-order valence-corrected chi connectivity index (χ0v) is 14.4. The Labute approximate surface area is 149 Å². The Morgan fingerprint density at radius 1 is 1.20 bits per heavy atom. The van der Waals surface area contributed by atoms with E-state index < -0.39 is 0 Å². The first-order valence-corrected chi connectivity index (χ1v) is 8.19. The fourth-order valence-corrected chi connectivity index (χ4v) is 2.65. The second kappa shape index (κ2) is 7.36. The molecule has 3 rings (SSSR count). The number of benzene rings is 2. The molecule has 3 N–H and O–H groups in total. The van der Waals surface area contributed by atoms with Crippen LogP contribution >= 0.6 is 11.6 Å². The number of nitrogens with zero attached hydrogens (tertiary/aromatic N) is 1. The summed E-state index contributed by atoms with van der Waals surface area (Å²) in [6, 6.07) is 12.6. The van der Waals surface area contributed by atoms with Gasteiger partial charge < -0.3 is 15.6 Å². The number of aryl methyl sites for hydroxylation is 1. The van der Waals surface area contributed by atoms with Gasteiger partial charge in [0.05, 0.1) is 11.0 Å². The van der Waals surface area contributed by atoms with Gasteiger partial charge in [-0.1, -0.05) is 12.1 Å². The number of rotatable bonds is 5. The van der Waals surface area contributed by atoms with Gasteiger partial charge in [0.1, 0.15) is 0 Å². The van der Waals surface area contributed by atoms with Crippen LogP contribution in [0.1, 0.15) is 22.3 Å². The average Bonchev–Trinajstić information content (AvgIpc) is 2.93. The van der Waals surface area contributed by atoms with E-state index in [1.54, 1.807) is 18.2 Å². The van der Waals surface area contributed by atoms with Crippen LogP contribution < -0.4 is 10.6 Å². The molecule has 7 heteroatoms. The number of carbonyl (C=O) groups is 2. The number of H-pyrrole nitrogens is 1. The molecule has 2 amide bonds. The van der Waals surface area contributed by atoms with Crippen LogP contribution in [0.4, 0.5) is 5.69 Å². The van der Waals surface area contributed by atoms with E-state index in [0.29, 0.717) is 16.6 Å². The van der Waals surface area contributed by atoms with Crippen LogP contribution in [0.25, 0.3) is 11.0 Å². The van der Waals surface area contributed by atoms with Crippen molar-refractivity contribution in [3.63, 3.8) is 0 Å². The molecular weight excluding hydrogens is 340 g/mol. The van der Waals surface area contributed by atoms with Gasteiger partial charge >= 0.3 is 0 Å². The first kappa shape index (κ1) is 17.0. The molecular formula is C18H17ClN4O2. The minimum Gasteiger partial charge on any atom is -0.352 e. The van der Waals surface area contributed by atoms with Crippen LogP contribution in [0.15, 0.2) is 42.5 Å². The number of imidazole rings is 1. The molecule has 0 radical (unpaired) electrons. The molecule has 1 aromatic heterocycles. The summed E-state index contributed by atoms with van der Waals surface area (Å²) in [6.07, 6.45) is 0.192. The van der Waals surface area contributed by atoms with Gasteiger partial charge in [0.2, 0.25) is 11.2 Å². The van der Waals surface area contributed by atoms with Gasteiger partial charge in [-0.15, -0.1) is 0 Å². The van der Waals surface area contributed by atoms with Gasteiger partial charge in [-0.3, -0.25) is 9.59 Å². The number of amides is 2. The Morgan fingerprint density at radius 2 is 2.04 bits per heavy atom. The maximum Gasteiger partial charge on any atom is 0.251 e. The van der Waals surface area contributed by atoms with Crippen LogP contribution in [0.2, 0.25) is 5.28 Å². The highest BCUT2D eigenvalue weighted by Gasteiger charge is 2.09. The standard InChI is InChI=1S/C18H17ClN4O2/c1-11-3-2-4-13(9-11)21-16(24)7-8-20-17(25)12-5-6-14-15(10-12)23-18(19)22-14/h2-6,9-10H,7-8H2,1H3,(H,20,25)(H,21,24)(H,22,23). The van der Waals surface area contributed by atoms with Crippen molar-refractivity contribution in [2.45, 2.75) is 13.3 Å². The third-order valence-electron chi connectivity index (χ3n) is 3.65. The summed E-state index contributed by atoms with van der Waals surface area (Å²) in [6.45, 7) is 2.21. The van der Waals surface area contributed by atoms with Crippen LogP contribution in [0.5, 0.6) is 0 Å². The van der Waals surface area contributed by atoms with Gasteiger partial charge in [-0.05, 0) is 54.4 Å². The van der Waals surface area contributed by atoms with E-state index in [0.717, 1.165) is 11.3 Å². The molecule has 25 heavy (non-hydrogen) atoms. The Hall–Kier alpha value is -2.86. The van der Waals surface area contributed by atoms with Gasteiger partial charge in [0.25, 0.3) is 5.91 Å². The number of halogens is 1. The van der Waals surface area contributed by atoms with Crippen molar-refractivity contribution in [2.75, 3.05) is 11.9 Å². The molecule has 0 atom stereocenters. The average molecular weight is 357 g/mol. The third-order valence-corrected chi connectivity index (χ3v) is 3.83. The van der Waals surface area contributed by atoms with Crippen molar-refractivity contribution in [1.82, 2.24) is 15.3 Å². The Bertz CT molecular complexity index is 936. The SMILES string of the molecule is Cc1cccc(NC(=O)CCNC(=O)c2ccc3nc(Cl)[nH]c3c2)c1. The first-order valence-electron chi connectivity index (χ1n) is 7.81. The second-order valence-corrected chi connectivity index (χ2v) is 6.04. The smallest absolute Gasteiger partial charge is 0.251 e. The number of nitrogens with one attached hydrogen (secondary N) is 3. The summed E-state index contributed by atoms with van der Waals surface area (Å²) >= 11 is 5.80. The maximum atomic E-state index is 12.2. The quantitative estimate of drug-likeness (QED) is 0.655. The van der Waals surface area contributed by atoms with E-state index in [-0.39, 0.29) is 30.1 Å². The molecule has 2 aromatic carbocycles. The van der Waals surface area contributed by atoms with Crippen molar-refractivity contribution >= 4 is 40.1 Å². The predicted octanol–water partition coefficient (Wildman–Crippen LogP) is 3.28. The predicted molar refractivity (Wildman–Crippen MR) is 97.9 cm³/mol. The van der Waals surface area contributed by atoms with Crippen LogP contribution in [0, 0.1) is 6.92 Å². The summed E-state index contributed by atoms with van der Waals surface area (Å²) in [5.41, 5.74) is 3.68. The Morgan fingerprint density at radius 3 is 2.84 bits per heavy atom. The Balaban J connectivity index is 1.52. The largest absolute Gasteiger partial charge is 0.352 e. The summed E-state index contributed by atoms with van der Waals surface area (Å²) < 4.78 is 0. The van der Waals surface area contributed by atoms with Crippen molar-refractivity contribution < 1.29 is 9.59 Å². The summed E-state index contributed by atoms with van der Waals surface area (Å²) in [4.78, 5) is 31.0. The molecule has 0 aliphatic rings. The minimum atomic E-state index is -0.254. The molecule has 0 fully saturated rings. The fourth-order valence-electron chi connectivity index (χ4n) is 2.46. The topological polar surface area (TPSA) is 86.9 Å². The zero-order valence-electron chi connectivity index (χ0n) is 13.6. The summed E-state index contributed by atoms with van der Waals surface area (Å²) in [5, 5.41) is 5.81. The van der Waals surface area contributed by atoms with E-state index in [1.807, 2.05) is 31.2 Å². The molecule has 0 aliphatic heterocycles. The van der Waals surface area contributed by atoms with Gasteiger partial charge in [-0.25, -0.2) is 4.98 Å². The van der Waals surface area contributed by atoms with Crippen molar-refractivity contribution in [3.8, 4) is 0 Å². The van der Waals surface area contributed by atoms with Gasteiger partial charge in [-0.2, -0.15) is 0 Å². The molecule has 1 heterocycles. The molecule has 0 saturated heterocycles. The number of aromatic nitrogens is 2. The van der Waals surface area contributed by atoms with E-state index >= 15 is 0 Å². The number of aromatic amines is 1. The molecule has 0 bridgehead atoms. The van der Waals surface area contributed by atoms with E-state index in [2.05, 4.69) is 20.6 Å². The zero-order chi connectivity index (χ0) is 17.8. The molecule has 0 unspecified atom stereocenters. The number of hydrogen-bond acceptors (Lipinski definition) is 3. The molecule has 0 saturated carbocycles. The molecule has 0 aliphatic carbocycles. The van der Waals surface area contributed by atoms with Crippen LogP contribution in [-0.4, -0.2) is 28.3 Å². The van der Waals surface area contributed by atoms with E-state index in [9.17, 15) is 9.59 Å². The fraction of sp³-hybridized carbons (Fsp3) is 0.167.